The van der Waals surface area contributed by atoms with Crippen molar-refractivity contribution in [3.8, 4) is 0 Å². The number of rotatable bonds is 9. The summed E-state index contributed by atoms with van der Waals surface area (Å²) in [4.78, 5) is 41.3. The van der Waals surface area contributed by atoms with E-state index in [9.17, 15) is 14.4 Å². The summed E-state index contributed by atoms with van der Waals surface area (Å²) in [7, 11) is 0. The molecule has 1 aliphatic carbocycles. The minimum atomic E-state index is -0.430. The van der Waals surface area contributed by atoms with Gasteiger partial charge in [0.1, 0.15) is 5.69 Å². The molecule has 1 saturated carbocycles. The molecule has 0 aliphatic heterocycles. The normalized spacial score (nSPS) is 14.1. The fraction of sp³-hybridized carbons (Fsp3) is 0.519. The third-order valence-corrected chi connectivity index (χ3v) is 7.00. The Hall–Kier alpha value is -2.60. The number of benzene rings is 1. The summed E-state index contributed by atoms with van der Waals surface area (Å²) in [5.41, 5.74) is 2.76. The zero-order chi connectivity index (χ0) is 24.8. The van der Waals surface area contributed by atoms with Crippen LogP contribution in [0.15, 0.2) is 24.3 Å². The molecule has 0 radical (unpaired) electrons. The predicted molar refractivity (Wildman–Crippen MR) is 134 cm³/mol. The highest BCUT2D eigenvalue weighted by Crippen LogP contribution is 2.27. The summed E-state index contributed by atoms with van der Waals surface area (Å²) >= 11 is 6.01. The summed E-state index contributed by atoms with van der Waals surface area (Å²) in [5, 5.41) is 0.560. The summed E-state index contributed by atoms with van der Waals surface area (Å²) < 4.78 is 7.07. The van der Waals surface area contributed by atoms with E-state index < -0.39 is 5.97 Å². The van der Waals surface area contributed by atoms with Gasteiger partial charge in [0.05, 0.1) is 13.2 Å². The molecule has 3 rings (SSSR count). The molecule has 0 spiro atoms. The molecule has 1 heterocycles. The first-order chi connectivity index (χ1) is 16.3. The number of amides is 1. The number of Topliss-reactive ketones (excluding diaryl/α,β-unsaturated/α-hetero) is 1. The van der Waals surface area contributed by atoms with Crippen LogP contribution in [0.1, 0.15) is 88.4 Å². The largest absolute Gasteiger partial charge is 0.461 e. The zero-order valence-corrected chi connectivity index (χ0v) is 21.4. The van der Waals surface area contributed by atoms with Gasteiger partial charge in [-0.1, -0.05) is 30.9 Å². The van der Waals surface area contributed by atoms with Gasteiger partial charge in [0, 0.05) is 34.9 Å². The van der Waals surface area contributed by atoms with Gasteiger partial charge in [-0.3, -0.25) is 9.59 Å². The highest BCUT2D eigenvalue weighted by Gasteiger charge is 2.30. The second-order valence-electron chi connectivity index (χ2n) is 9.02. The number of carbonyl (C=O) groups is 3. The van der Waals surface area contributed by atoms with Crippen LogP contribution in [0.2, 0.25) is 5.02 Å². The van der Waals surface area contributed by atoms with Crippen LogP contribution >= 0.6 is 11.6 Å². The molecule has 1 aromatic carbocycles. The van der Waals surface area contributed by atoms with Crippen LogP contribution in [-0.4, -0.2) is 46.8 Å². The van der Waals surface area contributed by atoms with E-state index in [2.05, 4.69) is 0 Å². The monoisotopic (exact) mass is 486 g/mol. The van der Waals surface area contributed by atoms with Gasteiger partial charge in [0.2, 0.25) is 0 Å². The molecule has 0 bridgehead atoms. The topological polar surface area (TPSA) is 68.6 Å². The van der Waals surface area contributed by atoms with Crippen LogP contribution in [0, 0.1) is 19.8 Å². The minimum absolute atomic E-state index is 0.0321. The SMILES string of the molecule is CCOC(=O)c1c(C)c(C(=O)CN(CC2CCCCC2)C(=O)c2ccc(Cl)cc2)c(C)n1CC. The number of hydrogen-bond acceptors (Lipinski definition) is 4. The number of nitrogens with zero attached hydrogens (tertiary/aromatic N) is 2. The van der Waals surface area contributed by atoms with Crippen LogP contribution in [0.3, 0.4) is 0 Å². The maximum Gasteiger partial charge on any atom is 0.355 e. The highest BCUT2D eigenvalue weighted by atomic mass is 35.5. The molecule has 0 atom stereocenters. The van der Waals surface area contributed by atoms with Crippen molar-refractivity contribution >= 4 is 29.3 Å². The Kier molecular flexibility index (Phi) is 8.95. The maximum atomic E-state index is 13.6. The molecule has 6 nitrogen and oxygen atoms in total. The second-order valence-corrected chi connectivity index (χ2v) is 9.45. The van der Waals surface area contributed by atoms with Crippen LogP contribution in [0.5, 0.6) is 0 Å². The van der Waals surface area contributed by atoms with Gasteiger partial charge >= 0.3 is 5.97 Å². The highest BCUT2D eigenvalue weighted by molar-refractivity contribution is 6.30. The minimum Gasteiger partial charge on any atom is -0.461 e. The van der Waals surface area contributed by atoms with Crippen LogP contribution < -0.4 is 0 Å². The Labute approximate surface area is 207 Å². The number of ketones is 1. The van der Waals surface area contributed by atoms with Crippen molar-refractivity contribution in [1.82, 2.24) is 9.47 Å². The van der Waals surface area contributed by atoms with Crippen molar-refractivity contribution in [2.45, 2.75) is 66.3 Å². The smallest absolute Gasteiger partial charge is 0.355 e. The van der Waals surface area contributed by atoms with Gasteiger partial charge in [-0.15, -0.1) is 0 Å². The van der Waals surface area contributed by atoms with Crippen molar-refractivity contribution < 1.29 is 19.1 Å². The number of ether oxygens (including phenoxy) is 1. The summed E-state index contributed by atoms with van der Waals surface area (Å²) in [5.74, 6) is -0.382. The Balaban J connectivity index is 1.92. The average molecular weight is 487 g/mol. The van der Waals surface area contributed by atoms with Crippen molar-refractivity contribution in [1.29, 1.82) is 0 Å². The lowest BCUT2D eigenvalue weighted by Gasteiger charge is -2.29. The van der Waals surface area contributed by atoms with Crippen LogP contribution in [0.25, 0.3) is 0 Å². The van der Waals surface area contributed by atoms with Gasteiger partial charge in [-0.25, -0.2) is 4.79 Å². The number of halogens is 1. The van der Waals surface area contributed by atoms with Gasteiger partial charge in [-0.2, -0.15) is 0 Å². The molecular weight excluding hydrogens is 452 g/mol. The Morgan fingerprint density at radius 3 is 2.29 bits per heavy atom. The van der Waals surface area contributed by atoms with Gasteiger partial charge in [-0.05, 0) is 76.3 Å². The van der Waals surface area contributed by atoms with E-state index in [1.165, 1.54) is 6.42 Å². The molecule has 184 valence electrons. The Morgan fingerprint density at radius 2 is 1.71 bits per heavy atom. The van der Waals surface area contributed by atoms with E-state index >= 15 is 0 Å². The fourth-order valence-electron chi connectivity index (χ4n) is 5.09. The van der Waals surface area contributed by atoms with Crippen molar-refractivity contribution in [3.63, 3.8) is 0 Å². The quantitative estimate of drug-likeness (QED) is 0.329. The lowest BCUT2D eigenvalue weighted by atomic mass is 9.88. The van der Waals surface area contributed by atoms with E-state index in [0.717, 1.165) is 31.4 Å². The van der Waals surface area contributed by atoms with E-state index in [0.29, 0.717) is 46.4 Å². The van der Waals surface area contributed by atoms with Crippen LogP contribution in [-0.2, 0) is 11.3 Å². The van der Waals surface area contributed by atoms with E-state index in [-0.39, 0.29) is 24.8 Å². The van der Waals surface area contributed by atoms with Gasteiger partial charge < -0.3 is 14.2 Å². The molecule has 0 saturated heterocycles. The first-order valence-electron chi connectivity index (χ1n) is 12.2. The predicted octanol–water partition coefficient (Wildman–Crippen LogP) is 5.86. The fourth-order valence-corrected chi connectivity index (χ4v) is 5.22. The molecule has 1 aliphatic rings. The van der Waals surface area contributed by atoms with Crippen molar-refractivity contribution in [3.05, 3.63) is 57.4 Å². The third kappa shape index (κ3) is 5.72. The zero-order valence-electron chi connectivity index (χ0n) is 20.7. The number of esters is 1. The molecule has 2 aromatic rings. The summed E-state index contributed by atoms with van der Waals surface area (Å²) in [6.07, 6.45) is 5.66. The third-order valence-electron chi connectivity index (χ3n) is 6.75. The van der Waals surface area contributed by atoms with Crippen LogP contribution in [0.4, 0.5) is 0 Å². The molecule has 34 heavy (non-hydrogen) atoms. The maximum absolute atomic E-state index is 13.6. The standard InChI is InChI=1S/C27H35ClN2O4/c1-5-30-19(4)24(18(3)25(30)27(33)34-6-2)23(31)17-29(16-20-10-8-7-9-11-20)26(32)21-12-14-22(28)15-13-21/h12-15,20H,5-11,16-17H2,1-4H3. The summed E-state index contributed by atoms with van der Waals surface area (Å²) in [6.45, 7) is 8.65. The average Bonchev–Trinajstić information content (AvgIpc) is 3.08. The molecule has 0 unspecified atom stereocenters. The first kappa shape index (κ1) is 26.0. The first-order valence-corrected chi connectivity index (χ1v) is 12.6. The summed E-state index contributed by atoms with van der Waals surface area (Å²) in [6, 6.07) is 6.78. The number of aromatic nitrogens is 1. The van der Waals surface area contributed by atoms with E-state index in [1.54, 1.807) is 43.0 Å². The Morgan fingerprint density at radius 1 is 1.06 bits per heavy atom. The van der Waals surface area contributed by atoms with E-state index in [1.807, 2.05) is 18.4 Å². The molecule has 1 fully saturated rings. The Bertz CT molecular complexity index is 1040. The molecular formula is C27H35ClN2O4. The van der Waals surface area contributed by atoms with Crippen molar-refractivity contribution in [2.75, 3.05) is 19.7 Å². The number of carbonyl (C=O) groups excluding carboxylic acids is 3. The lowest BCUT2D eigenvalue weighted by molar-refractivity contribution is 0.0512. The molecule has 0 N–H and O–H groups in total. The second kappa shape index (κ2) is 11.7. The van der Waals surface area contributed by atoms with Gasteiger partial charge in [0.25, 0.3) is 5.91 Å². The van der Waals surface area contributed by atoms with E-state index in [4.69, 9.17) is 16.3 Å². The van der Waals surface area contributed by atoms with Crippen molar-refractivity contribution in [2.24, 2.45) is 5.92 Å². The number of hydrogen-bond donors (Lipinski definition) is 0. The lowest BCUT2D eigenvalue weighted by Crippen LogP contribution is -2.40. The molecule has 1 aromatic heterocycles. The molecule has 1 amide bonds. The molecule has 7 heteroatoms. The van der Waals surface area contributed by atoms with Gasteiger partial charge in [0.15, 0.2) is 5.78 Å².